The van der Waals surface area contributed by atoms with Gasteiger partial charge < -0.3 is 15.4 Å². The van der Waals surface area contributed by atoms with Crippen molar-refractivity contribution >= 4 is 11.6 Å². The quantitative estimate of drug-likeness (QED) is 0.767. The maximum atomic E-state index is 5.08. The highest BCUT2D eigenvalue weighted by Gasteiger charge is 2.10. The van der Waals surface area contributed by atoms with Gasteiger partial charge in [-0.05, 0) is 13.3 Å². The highest BCUT2D eigenvalue weighted by molar-refractivity contribution is 5.57. The molecule has 0 fully saturated rings. The van der Waals surface area contributed by atoms with Crippen LogP contribution in [0.15, 0.2) is 6.33 Å². The Morgan fingerprint density at radius 2 is 2.06 bits per heavy atom. The van der Waals surface area contributed by atoms with Crippen LogP contribution in [0.25, 0.3) is 0 Å². The Bertz CT molecular complexity index is 330. The second kappa shape index (κ2) is 6.27. The van der Waals surface area contributed by atoms with E-state index in [4.69, 9.17) is 4.74 Å². The van der Waals surface area contributed by atoms with Crippen molar-refractivity contribution < 1.29 is 4.74 Å². The molecule has 1 rings (SSSR count). The Kier molecular flexibility index (Phi) is 4.98. The van der Waals surface area contributed by atoms with Gasteiger partial charge in [0.25, 0.3) is 0 Å². The molecule has 0 aliphatic heterocycles. The zero-order valence-corrected chi connectivity index (χ0v) is 10.4. The molecule has 0 spiro atoms. The van der Waals surface area contributed by atoms with Gasteiger partial charge in [-0.3, -0.25) is 0 Å². The lowest BCUT2D eigenvalue weighted by molar-refractivity contribution is 0.190. The number of aromatic nitrogens is 2. The van der Waals surface area contributed by atoms with Crippen molar-refractivity contribution in [3.05, 3.63) is 11.9 Å². The van der Waals surface area contributed by atoms with Crippen LogP contribution in [0.1, 0.15) is 19.4 Å². The summed E-state index contributed by atoms with van der Waals surface area (Å²) in [4.78, 5) is 8.45. The summed E-state index contributed by atoms with van der Waals surface area (Å²) in [5.74, 6) is 1.76. The summed E-state index contributed by atoms with van der Waals surface area (Å²) in [6.45, 7) is 4.80. The number of anilines is 2. The third-order valence-electron chi connectivity index (χ3n) is 2.34. The van der Waals surface area contributed by atoms with Crippen LogP contribution in [-0.4, -0.2) is 36.8 Å². The van der Waals surface area contributed by atoms with Gasteiger partial charge in [-0.25, -0.2) is 9.97 Å². The minimum absolute atomic E-state index is 0.231. The van der Waals surface area contributed by atoms with Gasteiger partial charge in [-0.1, -0.05) is 6.92 Å². The summed E-state index contributed by atoms with van der Waals surface area (Å²) in [6.07, 6.45) is 2.45. The fourth-order valence-corrected chi connectivity index (χ4v) is 1.61. The molecule has 2 N–H and O–H groups in total. The molecule has 0 bridgehead atoms. The molecule has 1 aromatic rings. The van der Waals surface area contributed by atoms with E-state index in [-0.39, 0.29) is 6.04 Å². The lowest BCUT2D eigenvalue weighted by Crippen LogP contribution is -2.22. The van der Waals surface area contributed by atoms with Gasteiger partial charge in [0.05, 0.1) is 6.61 Å². The SMILES string of the molecule is CCc1c(NC)ncnc1NC(C)COC. The third kappa shape index (κ3) is 3.06. The van der Waals surface area contributed by atoms with Crippen molar-refractivity contribution in [2.45, 2.75) is 26.3 Å². The molecule has 0 amide bonds. The number of nitrogens with zero attached hydrogens (tertiary/aromatic N) is 2. The average Bonchev–Trinajstić information content (AvgIpc) is 2.29. The van der Waals surface area contributed by atoms with E-state index in [0.717, 1.165) is 23.6 Å². The van der Waals surface area contributed by atoms with Gasteiger partial charge in [-0.15, -0.1) is 0 Å². The number of hydrogen-bond acceptors (Lipinski definition) is 5. The topological polar surface area (TPSA) is 59.1 Å². The molecule has 1 unspecified atom stereocenters. The molecular formula is C11H20N4O. The van der Waals surface area contributed by atoms with Crippen molar-refractivity contribution in [3.63, 3.8) is 0 Å². The summed E-state index contributed by atoms with van der Waals surface area (Å²) in [7, 11) is 3.56. The Morgan fingerprint density at radius 3 is 2.62 bits per heavy atom. The van der Waals surface area contributed by atoms with Gasteiger partial charge >= 0.3 is 0 Å². The summed E-state index contributed by atoms with van der Waals surface area (Å²) in [6, 6.07) is 0.231. The van der Waals surface area contributed by atoms with Crippen LogP contribution in [-0.2, 0) is 11.2 Å². The number of methoxy groups -OCH3 is 1. The molecule has 1 aromatic heterocycles. The van der Waals surface area contributed by atoms with E-state index < -0.39 is 0 Å². The van der Waals surface area contributed by atoms with Crippen LogP contribution in [0.2, 0.25) is 0 Å². The van der Waals surface area contributed by atoms with Gasteiger partial charge in [0.15, 0.2) is 0 Å². The predicted molar refractivity (Wildman–Crippen MR) is 65.9 cm³/mol. The molecule has 0 aliphatic rings. The molecule has 0 radical (unpaired) electrons. The van der Waals surface area contributed by atoms with Crippen LogP contribution >= 0.6 is 0 Å². The van der Waals surface area contributed by atoms with E-state index in [0.29, 0.717) is 6.61 Å². The van der Waals surface area contributed by atoms with Crippen LogP contribution in [0.5, 0.6) is 0 Å². The van der Waals surface area contributed by atoms with E-state index in [1.807, 2.05) is 7.05 Å². The summed E-state index contributed by atoms with van der Waals surface area (Å²) in [5, 5.41) is 6.39. The number of hydrogen-bond donors (Lipinski definition) is 2. The van der Waals surface area contributed by atoms with Gasteiger partial charge in [0.2, 0.25) is 0 Å². The largest absolute Gasteiger partial charge is 0.383 e. The van der Waals surface area contributed by atoms with Crippen molar-refractivity contribution in [1.82, 2.24) is 9.97 Å². The minimum Gasteiger partial charge on any atom is -0.383 e. The molecule has 5 heteroatoms. The van der Waals surface area contributed by atoms with E-state index in [2.05, 4.69) is 34.4 Å². The molecule has 1 heterocycles. The first-order valence-electron chi connectivity index (χ1n) is 5.50. The van der Waals surface area contributed by atoms with E-state index in [1.165, 1.54) is 0 Å². The second-order valence-corrected chi connectivity index (χ2v) is 3.65. The first-order chi connectivity index (χ1) is 7.72. The fourth-order valence-electron chi connectivity index (χ4n) is 1.61. The molecular weight excluding hydrogens is 204 g/mol. The van der Waals surface area contributed by atoms with Gasteiger partial charge in [0.1, 0.15) is 18.0 Å². The highest BCUT2D eigenvalue weighted by Crippen LogP contribution is 2.20. The number of ether oxygens (including phenoxy) is 1. The fraction of sp³-hybridized carbons (Fsp3) is 0.636. The summed E-state index contributed by atoms with van der Waals surface area (Å²) < 4.78 is 5.08. The predicted octanol–water partition coefficient (Wildman–Crippen LogP) is 1.53. The normalized spacial score (nSPS) is 12.2. The van der Waals surface area contributed by atoms with E-state index in [1.54, 1.807) is 13.4 Å². The Balaban J connectivity index is 2.86. The van der Waals surface area contributed by atoms with Gasteiger partial charge in [-0.2, -0.15) is 0 Å². The molecule has 0 aromatic carbocycles. The van der Waals surface area contributed by atoms with E-state index in [9.17, 15) is 0 Å². The summed E-state index contributed by atoms with van der Waals surface area (Å²) >= 11 is 0. The molecule has 16 heavy (non-hydrogen) atoms. The molecule has 5 nitrogen and oxygen atoms in total. The van der Waals surface area contributed by atoms with Crippen molar-refractivity contribution in [1.29, 1.82) is 0 Å². The molecule has 0 aliphatic carbocycles. The second-order valence-electron chi connectivity index (χ2n) is 3.65. The van der Waals surface area contributed by atoms with Crippen LogP contribution < -0.4 is 10.6 Å². The monoisotopic (exact) mass is 224 g/mol. The zero-order chi connectivity index (χ0) is 12.0. The Hall–Kier alpha value is -1.36. The number of rotatable bonds is 6. The van der Waals surface area contributed by atoms with Crippen molar-refractivity contribution in [2.24, 2.45) is 0 Å². The first-order valence-corrected chi connectivity index (χ1v) is 5.50. The smallest absolute Gasteiger partial charge is 0.134 e. The lowest BCUT2D eigenvalue weighted by atomic mass is 10.2. The average molecular weight is 224 g/mol. The van der Waals surface area contributed by atoms with Crippen molar-refractivity contribution in [3.8, 4) is 0 Å². The van der Waals surface area contributed by atoms with Crippen LogP contribution in [0.4, 0.5) is 11.6 Å². The van der Waals surface area contributed by atoms with Gasteiger partial charge in [0, 0.05) is 25.8 Å². The maximum Gasteiger partial charge on any atom is 0.134 e. The minimum atomic E-state index is 0.231. The first kappa shape index (κ1) is 12.7. The molecule has 0 saturated carbocycles. The summed E-state index contributed by atoms with van der Waals surface area (Å²) in [5.41, 5.74) is 1.10. The Morgan fingerprint density at radius 1 is 1.38 bits per heavy atom. The third-order valence-corrected chi connectivity index (χ3v) is 2.34. The van der Waals surface area contributed by atoms with Crippen LogP contribution in [0, 0.1) is 0 Å². The van der Waals surface area contributed by atoms with Crippen LogP contribution in [0.3, 0.4) is 0 Å². The molecule has 90 valence electrons. The lowest BCUT2D eigenvalue weighted by Gasteiger charge is -2.17. The molecule has 0 saturated heterocycles. The maximum absolute atomic E-state index is 5.08. The molecule has 1 atom stereocenters. The highest BCUT2D eigenvalue weighted by atomic mass is 16.5. The zero-order valence-electron chi connectivity index (χ0n) is 10.4. The Labute approximate surface area is 96.6 Å². The standard InChI is InChI=1S/C11H20N4O/c1-5-9-10(12-3)13-7-14-11(9)15-8(2)6-16-4/h7-8H,5-6H2,1-4H3,(H2,12,13,14,15). The van der Waals surface area contributed by atoms with Crippen molar-refractivity contribution in [2.75, 3.05) is 31.4 Å². The number of nitrogens with one attached hydrogen (secondary N) is 2. The van der Waals surface area contributed by atoms with E-state index >= 15 is 0 Å².